The number of hydrogen-bond donors (Lipinski definition) is 1. The van der Waals surface area contributed by atoms with Crippen molar-refractivity contribution in [3.8, 4) is 0 Å². The van der Waals surface area contributed by atoms with Crippen LogP contribution in [0.25, 0.3) is 0 Å². The van der Waals surface area contributed by atoms with Gasteiger partial charge < -0.3 is 5.32 Å². The first-order valence-corrected chi connectivity index (χ1v) is 8.74. The van der Waals surface area contributed by atoms with Crippen LogP contribution < -0.4 is 5.32 Å². The maximum absolute atomic E-state index is 4.57. The number of aromatic nitrogens is 2. The number of aryl methyl sites for hydroxylation is 1. The number of halogens is 1. The third kappa shape index (κ3) is 5.04. The molecule has 2 atom stereocenters. The molecule has 0 amide bonds. The van der Waals surface area contributed by atoms with Gasteiger partial charge in [-0.3, -0.25) is 0 Å². The minimum atomic E-state index is 0.879. The zero-order valence-electron chi connectivity index (χ0n) is 12.7. The average molecular weight is 340 g/mol. The number of hydrogen-bond acceptors (Lipinski definition) is 3. The van der Waals surface area contributed by atoms with E-state index in [0.29, 0.717) is 0 Å². The van der Waals surface area contributed by atoms with Crippen molar-refractivity contribution in [2.45, 2.75) is 58.8 Å². The van der Waals surface area contributed by atoms with Crippen LogP contribution in [-0.4, -0.2) is 16.5 Å². The Bertz CT molecular complexity index is 422. The molecule has 1 aliphatic rings. The Hall–Kier alpha value is -0.640. The quantitative estimate of drug-likeness (QED) is 0.755. The molecule has 0 bridgehead atoms. The molecule has 20 heavy (non-hydrogen) atoms. The lowest BCUT2D eigenvalue weighted by Crippen LogP contribution is -2.17. The van der Waals surface area contributed by atoms with E-state index in [1.165, 1.54) is 32.1 Å². The summed E-state index contributed by atoms with van der Waals surface area (Å²) in [7, 11) is 0. The van der Waals surface area contributed by atoms with Gasteiger partial charge in [-0.25, -0.2) is 9.97 Å². The molecule has 0 aliphatic heterocycles. The summed E-state index contributed by atoms with van der Waals surface area (Å²) in [6.45, 7) is 5.56. The Morgan fingerprint density at radius 2 is 2.20 bits per heavy atom. The first kappa shape index (κ1) is 15.7. The Kier molecular flexibility index (Phi) is 6.27. The molecule has 0 saturated heterocycles. The second-order valence-electron chi connectivity index (χ2n) is 6.10. The normalized spacial score (nSPS) is 22.8. The summed E-state index contributed by atoms with van der Waals surface area (Å²) in [4.78, 5) is 8.97. The molecule has 1 aromatic rings. The molecule has 0 spiro atoms. The minimum absolute atomic E-state index is 0.879. The maximum atomic E-state index is 4.57. The second-order valence-corrected chi connectivity index (χ2v) is 6.91. The van der Waals surface area contributed by atoms with Crippen molar-refractivity contribution in [1.29, 1.82) is 0 Å². The van der Waals surface area contributed by atoms with E-state index in [-0.39, 0.29) is 0 Å². The summed E-state index contributed by atoms with van der Waals surface area (Å²) in [5.41, 5.74) is 0. The van der Waals surface area contributed by atoms with Crippen LogP contribution in [0.3, 0.4) is 0 Å². The zero-order chi connectivity index (χ0) is 14.4. The molecular weight excluding hydrogens is 314 g/mol. The highest BCUT2D eigenvalue weighted by Gasteiger charge is 2.18. The molecule has 4 heteroatoms. The van der Waals surface area contributed by atoms with E-state index >= 15 is 0 Å². The van der Waals surface area contributed by atoms with Crippen LogP contribution in [0.15, 0.2) is 10.7 Å². The topological polar surface area (TPSA) is 37.8 Å². The number of nitrogens with zero attached hydrogens (tertiary/aromatic N) is 2. The van der Waals surface area contributed by atoms with Crippen LogP contribution in [0.2, 0.25) is 0 Å². The highest BCUT2D eigenvalue weighted by atomic mass is 79.9. The summed E-state index contributed by atoms with van der Waals surface area (Å²) in [6, 6.07) is 1.97. The average Bonchev–Trinajstić information content (AvgIpc) is 2.38. The molecule has 1 heterocycles. The van der Waals surface area contributed by atoms with E-state index in [2.05, 4.69) is 45.1 Å². The Morgan fingerprint density at radius 3 is 2.95 bits per heavy atom. The molecular formula is C16H26BrN3. The van der Waals surface area contributed by atoms with Crippen molar-refractivity contribution >= 4 is 21.7 Å². The fraction of sp³-hybridized carbons (Fsp3) is 0.750. The van der Waals surface area contributed by atoms with Gasteiger partial charge in [-0.1, -0.05) is 33.1 Å². The van der Waals surface area contributed by atoms with Gasteiger partial charge in [-0.15, -0.1) is 0 Å². The summed E-state index contributed by atoms with van der Waals surface area (Å²) < 4.78 is 0.879. The van der Waals surface area contributed by atoms with Gasteiger partial charge in [0, 0.05) is 19.0 Å². The van der Waals surface area contributed by atoms with Crippen LogP contribution >= 0.6 is 15.9 Å². The lowest BCUT2D eigenvalue weighted by atomic mass is 9.81. The molecule has 2 rings (SSSR count). The highest BCUT2D eigenvalue weighted by Crippen LogP contribution is 2.30. The second kappa shape index (κ2) is 7.96. The van der Waals surface area contributed by atoms with Crippen LogP contribution in [0.1, 0.15) is 58.2 Å². The van der Waals surface area contributed by atoms with Gasteiger partial charge in [0.25, 0.3) is 0 Å². The Labute approximate surface area is 131 Å². The van der Waals surface area contributed by atoms with Crippen LogP contribution in [0, 0.1) is 11.8 Å². The first-order chi connectivity index (χ1) is 9.67. The molecule has 0 radical (unpaired) electrons. The van der Waals surface area contributed by atoms with Crippen LogP contribution in [-0.2, 0) is 6.42 Å². The first-order valence-electron chi connectivity index (χ1n) is 7.94. The van der Waals surface area contributed by atoms with Crippen LogP contribution in [0.4, 0.5) is 5.82 Å². The smallest absolute Gasteiger partial charge is 0.132 e. The maximum Gasteiger partial charge on any atom is 0.132 e. The van der Waals surface area contributed by atoms with E-state index < -0.39 is 0 Å². The van der Waals surface area contributed by atoms with Gasteiger partial charge in [0.1, 0.15) is 16.2 Å². The largest absolute Gasteiger partial charge is 0.370 e. The molecule has 2 unspecified atom stereocenters. The summed E-state index contributed by atoms with van der Waals surface area (Å²) in [5, 5.41) is 3.47. The molecule has 1 fully saturated rings. The predicted molar refractivity (Wildman–Crippen MR) is 88.0 cm³/mol. The minimum Gasteiger partial charge on any atom is -0.370 e. The number of anilines is 1. The highest BCUT2D eigenvalue weighted by molar-refractivity contribution is 9.10. The van der Waals surface area contributed by atoms with E-state index in [0.717, 1.165) is 47.5 Å². The van der Waals surface area contributed by atoms with Gasteiger partial charge in [0.15, 0.2) is 0 Å². The van der Waals surface area contributed by atoms with Crippen molar-refractivity contribution in [1.82, 2.24) is 9.97 Å². The van der Waals surface area contributed by atoms with E-state index in [1.807, 2.05) is 6.07 Å². The van der Waals surface area contributed by atoms with E-state index in [9.17, 15) is 0 Å². The predicted octanol–water partition coefficient (Wildman–Crippen LogP) is 4.82. The SMILES string of the molecule is CCCc1nc(Br)cc(NCCC2CCCC(C)C2)n1. The van der Waals surface area contributed by atoms with Gasteiger partial charge in [0.05, 0.1) is 0 Å². The summed E-state index contributed by atoms with van der Waals surface area (Å²) >= 11 is 3.47. The number of rotatable bonds is 6. The summed E-state index contributed by atoms with van der Waals surface area (Å²) in [6.07, 6.45) is 8.91. The van der Waals surface area contributed by atoms with Crippen molar-refractivity contribution in [3.05, 3.63) is 16.5 Å². The third-order valence-electron chi connectivity index (χ3n) is 4.12. The molecule has 1 aliphatic carbocycles. The van der Waals surface area contributed by atoms with E-state index in [4.69, 9.17) is 0 Å². The van der Waals surface area contributed by atoms with Gasteiger partial charge >= 0.3 is 0 Å². The van der Waals surface area contributed by atoms with Gasteiger partial charge in [-0.2, -0.15) is 0 Å². The molecule has 112 valence electrons. The third-order valence-corrected chi connectivity index (χ3v) is 4.52. The fourth-order valence-electron chi connectivity index (χ4n) is 3.12. The molecule has 3 nitrogen and oxygen atoms in total. The van der Waals surface area contributed by atoms with Gasteiger partial charge in [-0.05, 0) is 47.0 Å². The Balaban J connectivity index is 1.81. The van der Waals surface area contributed by atoms with Crippen molar-refractivity contribution < 1.29 is 0 Å². The van der Waals surface area contributed by atoms with Crippen molar-refractivity contribution in [2.24, 2.45) is 11.8 Å². The molecule has 1 saturated carbocycles. The zero-order valence-corrected chi connectivity index (χ0v) is 14.2. The standard InChI is InChI=1S/C16H26BrN3/c1-3-5-15-19-14(17)11-16(20-15)18-9-8-13-7-4-6-12(2)10-13/h11-13H,3-10H2,1-2H3,(H,18,19,20). The number of nitrogens with one attached hydrogen (secondary N) is 1. The molecule has 0 aromatic carbocycles. The van der Waals surface area contributed by atoms with Crippen LogP contribution in [0.5, 0.6) is 0 Å². The Morgan fingerprint density at radius 1 is 1.35 bits per heavy atom. The summed E-state index contributed by atoms with van der Waals surface area (Å²) in [5.74, 6) is 3.69. The van der Waals surface area contributed by atoms with Gasteiger partial charge in [0.2, 0.25) is 0 Å². The lowest BCUT2D eigenvalue weighted by Gasteiger charge is -2.26. The molecule has 1 aromatic heterocycles. The monoisotopic (exact) mass is 339 g/mol. The van der Waals surface area contributed by atoms with Crippen molar-refractivity contribution in [3.63, 3.8) is 0 Å². The van der Waals surface area contributed by atoms with E-state index in [1.54, 1.807) is 0 Å². The van der Waals surface area contributed by atoms with Crippen molar-refractivity contribution in [2.75, 3.05) is 11.9 Å². The fourth-order valence-corrected chi connectivity index (χ4v) is 3.54. The molecule has 1 N–H and O–H groups in total. The lowest BCUT2D eigenvalue weighted by molar-refractivity contribution is 0.274.